The lowest BCUT2D eigenvalue weighted by atomic mass is 10.1. The lowest BCUT2D eigenvalue weighted by Crippen LogP contribution is -2.48. The van der Waals surface area contributed by atoms with Gasteiger partial charge in [-0.15, -0.1) is 0 Å². The molecule has 1 heterocycles. The van der Waals surface area contributed by atoms with Crippen LogP contribution in [0.3, 0.4) is 0 Å². The maximum Gasteiger partial charge on any atom is 0.246 e. The molecule has 1 saturated heterocycles. The molecule has 0 atom stereocenters. The predicted octanol–water partition coefficient (Wildman–Crippen LogP) is 4.15. The van der Waals surface area contributed by atoms with Crippen LogP contribution in [0, 0.1) is 12.7 Å². The highest BCUT2D eigenvalue weighted by Crippen LogP contribution is 2.25. The highest BCUT2D eigenvalue weighted by Gasteiger charge is 2.20. The van der Waals surface area contributed by atoms with Crippen LogP contribution in [0.5, 0.6) is 0 Å². The minimum Gasteiger partial charge on any atom is -0.368 e. The molecule has 0 N–H and O–H groups in total. The molecule has 0 aliphatic carbocycles. The van der Waals surface area contributed by atoms with Gasteiger partial charge in [0.1, 0.15) is 5.82 Å². The topological polar surface area (TPSA) is 23.6 Å². The van der Waals surface area contributed by atoms with Crippen LogP contribution < -0.4 is 4.90 Å². The van der Waals surface area contributed by atoms with E-state index in [0.717, 1.165) is 29.4 Å². The molecule has 2 aromatic rings. The molecule has 1 aliphatic heterocycles. The maximum atomic E-state index is 12.9. The molecule has 1 aliphatic rings. The summed E-state index contributed by atoms with van der Waals surface area (Å²) in [5.74, 6) is -0.303. The summed E-state index contributed by atoms with van der Waals surface area (Å²) >= 11 is 6.10. The number of halogens is 2. The van der Waals surface area contributed by atoms with Gasteiger partial charge < -0.3 is 9.80 Å². The highest BCUT2D eigenvalue weighted by atomic mass is 35.5. The van der Waals surface area contributed by atoms with Gasteiger partial charge in [0.2, 0.25) is 5.91 Å². The number of hydrogen-bond acceptors (Lipinski definition) is 2. The Hall–Kier alpha value is -2.33. The number of hydrogen-bond donors (Lipinski definition) is 0. The van der Waals surface area contributed by atoms with Crippen LogP contribution in [0.2, 0.25) is 5.02 Å². The zero-order valence-corrected chi connectivity index (χ0v) is 14.8. The summed E-state index contributed by atoms with van der Waals surface area (Å²) in [7, 11) is 0. The van der Waals surface area contributed by atoms with E-state index in [9.17, 15) is 9.18 Å². The van der Waals surface area contributed by atoms with Crippen LogP contribution in [0.1, 0.15) is 11.1 Å². The van der Waals surface area contributed by atoms with Crippen molar-refractivity contribution >= 4 is 29.3 Å². The number of benzene rings is 2. The van der Waals surface area contributed by atoms with E-state index in [-0.39, 0.29) is 11.7 Å². The number of carbonyl (C=O) groups is 1. The number of amides is 1. The van der Waals surface area contributed by atoms with E-state index in [2.05, 4.69) is 11.8 Å². The first kappa shape index (κ1) is 17.5. The summed E-state index contributed by atoms with van der Waals surface area (Å²) in [6, 6.07) is 12.0. The van der Waals surface area contributed by atoms with Gasteiger partial charge >= 0.3 is 0 Å². The Bertz CT molecular complexity index is 781. The van der Waals surface area contributed by atoms with E-state index in [4.69, 9.17) is 11.6 Å². The lowest BCUT2D eigenvalue weighted by Gasteiger charge is -2.36. The number of aryl methyl sites for hydroxylation is 1. The fourth-order valence-corrected chi connectivity index (χ4v) is 3.10. The molecule has 0 saturated carbocycles. The van der Waals surface area contributed by atoms with E-state index >= 15 is 0 Å². The van der Waals surface area contributed by atoms with Gasteiger partial charge in [0.05, 0.1) is 0 Å². The van der Waals surface area contributed by atoms with Crippen LogP contribution in [-0.4, -0.2) is 37.0 Å². The first-order valence-corrected chi connectivity index (χ1v) is 8.64. The minimum absolute atomic E-state index is 0.0215. The highest BCUT2D eigenvalue weighted by molar-refractivity contribution is 6.30. The van der Waals surface area contributed by atoms with Gasteiger partial charge in [-0.05, 0) is 48.4 Å². The molecule has 3 rings (SSSR count). The van der Waals surface area contributed by atoms with Crippen LogP contribution in [0.25, 0.3) is 6.08 Å². The SMILES string of the molecule is Cc1ccc(Cl)cc1N1CCN(C(=O)/C=C/c2ccc(F)cc2)CC1. The third-order valence-electron chi connectivity index (χ3n) is 4.39. The molecule has 0 aromatic heterocycles. The number of rotatable bonds is 3. The molecule has 0 bridgehead atoms. The second kappa shape index (κ2) is 7.70. The average molecular weight is 359 g/mol. The molecule has 5 heteroatoms. The van der Waals surface area contributed by atoms with Crippen molar-refractivity contribution in [2.45, 2.75) is 6.92 Å². The largest absolute Gasteiger partial charge is 0.368 e. The molecule has 1 fully saturated rings. The van der Waals surface area contributed by atoms with Gasteiger partial charge in [-0.3, -0.25) is 4.79 Å². The summed E-state index contributed by atoms with van der Waals surface area (Å²) in [6.07, 6.45) is 3.27. The first-order valence-electron chi connectivity index (χ1n) is 8.26. The Kier molecular flexibility index (Phi) is 5.39. The smallest absolute Gasteiger partial charge is 0.246 e. The summed E-state index contributed by atoms with van der Waals surface area (Å²) in [5.41, 5.74) is 3.12. The maximum absolute atomic E-state index is 12.9. The average Bonchev–Trinajstić information content (AvgIpc) is 2.63. The lowest BCUT2D eigenvalue weighted by molar-refractivity contribution is -0.126. The van der Waals surface area contributed by atoms with Crippen LogP contribution in [-0.2, 0) is 4.79 Å². The van der Waals surface area contributed by atoms with Crippen molar-refractivity contribution in [3.63, 3.8) is 0 Å². The van der Waals surface area contributed by atoms with Crippen LogP contribution >= 0.6 is 11.6 Å². The van der Waals surface area contributed by atoms with Crippen molar-refractivity contribution in [2.24, 2.45) is 0 Å². The second-order valence-electron chi connectivity index (χ2n) is 6.13. The van der Waals surface area contributed by atoms with Crippen molar-refractivity contribution in [1.82, 2.24) is 4.90 Å². The Morgan fingerprint density at radius 2 is 1.76 bits per heavy atom. The van der Waals surface area contributed by atoms with Gasteiger partial charge in [-0.25, -0.2) is 4.39 Å². The number of carbonyl (C=O) groups excluding carboxylic acids is 1. The second-order valence-corrected chi connectivity index (χ2v) is 6.56. The fourth-order valence-electron chi connectivity index (χ4n) is 2.94. The van der Waals surface area contributed by atoms with Crippen molar-refractivity contribution in [3.05, 3.63) is 70.5 Å². The molecular formula is C20H20ClFN2O. The van der Waals surface area contributed by atoms with Crippen LogP contribution in [0.15, 0.2) is 48.5 Å². The molecule has 0 unspecified atom stereocenters. The molecule has 0 spiro atoms. The Labute approximate surface area is 152 Å². The van der Waals surface area contributed by atoms with Crippen molar-refractivity contribution in [2.75, 3.05) is 31.1 Å². The number of anilines is 1. The van der Waals surface area contributed by atoms with E-state index in [1.54, 1.807) is 24.3 Å². The van der Waals surface area contributed by atoms with Crippen molar-refractivity contribution < 1.29 is 9.18 Å². The molecule has 2 aromatic carbocycles. The molecule has 130 valence electrons. The minimum atomic E-state index is -0.282. The summed E-state index contributed by atoms with van der Waals surface area (Å²) < 4.78 is 12.9. The van der Waals surface area contributed by atoms with Gasteiger partial charge in [-0.2, -0.15) is 0 Å². The van der Waals surface area contributed by atoms with Crippen molar-refractivity contribution in [1.29, 1.82) is 0 Å². The standard InChI is InChI=1S/C20H20ClFN2O/c1-15-2-6-17(21)14-19(15)23-10-12-24(13-11-23)20(25)9-5-16-3-7-18(22)8-4-16/h2-9,14H,10-13H2,1H3/b9-5+. The van der Waals surface area contributed by atoms with Gasteiger partial charge in [0.15, 0.2) is 0 Å². The van der Waals surface area contributed by atoms with Gasteiger partial charge in [0, 0.05) is 43.0 Å². The molecular weight excluding hydrogens is 339 g/mol. The monoisotopic (exact) mass is 358 g/mol. The molecule has 1 amide bonds. The Balaban J connectivity index is 1.59. The fraction of sp³-hybridized carbons (Fsp3) is 0.250. The van der Waals surface area contributed by atoms with Crippen molar-refractivity contribution in [3.8, 4) is 0 Å². The van der Waals surface area contributed by atoms with E-state index < -0.39 is 0 Å². The third kappa shape index (κ3) is 4.40. The number of piperazine rings is 1. The number of nitrogens with zero attached hydrogens (tertiary/aromatic N) is 2. The normalized spacial score (nSPS) is 15.0. The zero-order chi connectivity index (χ0) is 17.8. The Morgan fingerprint density at radius 3 is 2.44 bits per heavy atom. The molecule has 0 radical (unpaired) electrons. The summed E-state index contributed by atoms with van der Waals surface area (Å²) in [4.78, 5) is 16.4. The quantitative estimate of drug-likeness (QED) is 0.769. The third-order valence-corrected chi connectivity index (χ3v) is 4.63. The first-order chi connectivity index (χ1) is 12.0. The Morgan fingerprint density at radius 1 is 1.08 bits per heavy atom. The van der Waals surface area contributed by atoms with Gasteiger partial charge in [-0.1, -0.05) is 29.8 Å². The van der Waals surface area contributed by atoms with E-state index in [1.165, 1.54) is 17.7 Å². The van der Waals surface area contributed by atoms with E-state index in [1.807, 2.05) is 23.1 Å². The van der Waals surface area contributed by atoms with Crippen LogP contribution in [0.4, 0.5) is 10.1 Å². The van der Waals surface area contributed by atoms with E-state index in [0.29, 0.717) is 13.1 Å². The molecule has 3 nitrogen and oxygen atoms in total. The zero-order valence-electron chi connectivity index (χ0n) is 14.1. The summed E-state index contributed by atoms with van der Waals surface area (Å²) in [5, 5.41) is 0.723. The molecule has 25 heavy (non-hydrogen) atoms. The van der Waals surface area contributed by atoms with Gasteiger partial charge in [0.25, 0.3) is 0 Å². The predicted molar refractivity (Wildman–Crippen MR) is 100 cm³/mol. The summed E-state index contributed by atoms with van der Waals surface area (Å²) in [6.45, 7) is 4.94.